The van der Waals surface area contributed by atoms with Crippen LogP contribution >= 0.6 is 0 Å². The number of nitrogens with one attached hydrogen (secondary N) is 1. The number of aromatic nitrogens is 3. The molecule has 0 spiro atoms. The van der Waals surface area contributed by atoms with Crippen molar-refractivity contribution in [3.63, 3.8) is 0 Å². The molecule has 1 aliphatic heterocycles. The quantitative estimate of drug-likeness (QED) is 0.644. The summed E-state index contributed by atoms with van der Waals surface area (Å²) in [5, 5.41) is 7.04. The molecular weight excluding hydrogens is 439 g/mol. The number of rotatable bonds is 4. The fourth-order valence-corrected chi connectivity index (χ4v) is 3.58. The van der Waals surface area contributed by atoms with Crippen LogP contribution in [0.15, 0.2) is 48.8 Å². The molecule has 11 heteroatoms. The molecule has 1 aliphatic rings. The van der Waals surface area contributed by atoms with Gasteiger partial charge in [0, 0.05) is 30.5 Å². The molecule has 33 heavy (non-hydrogen) atoms. The van der Waals surface area contributed by atoms with E-state index in [1.54, 1.807) is 36.1 Å². The van der Waals surface area contributed by atoms with E-state index in [9.17, 15) is 22.8 Å². The summed E-state index contributed by atoms with van der Waals surface area (Å²) in [6.07, 6.45) is -1.72. The van der Waals surface area contributed by atoms with Gasteiger partial charge >= 0.3 is 6.18 Å². The number of hydrogen-bond acceptors (Lipinski definition) is 5. The Bertz CT molecular complexity index is 1170. The molecule has 0 bridgehead atoms. The Hall–Kier alpha value is -3.89. The Morgan fingerprint density at radius 1 is 1.12 bits per heavy atom. The third kappa shape index (κ3) is 4.81. The van der Waals surface area contributed by atoms with Crippen molar-refractivity contribution in [1.29, 1.82) is 0 Å². The number of benzene rings is 1. The third-order valence-electron chi connectivity index (χ3n) is 5.26. The summed E-state index contributed by atoms with van der Waals surface area (Å²) >= 11 is 0. The highest BCUT2D eigenvalue weighted by Crippen LogP contribution is 2.28. The van der Waals surface area contributed by atoms with Crippen molar-refractivity contribution in [2.24, 2.45) is 0 Å². The molecule has 4 rings (SSSR count). The van der Waals surface area contributed by atoms with Gasteiger partial charge in [-0.25, -0.2) is 0 Å². The predicted molar refractivity (Wildman–Crippen MR) is 112 cm³/mol. The number of aryl methyl sites for hydroxylation is 1. The summed E-state index contributed by atoms with van der Waals surface area (Å²) in [5.74, 6) is -0.329. The number of carbonyl (C=O) groups is 2. The van der Waals surface area contributed by atoms with Gasteiger partial charge in [0.05, 0.1) is 31.1 Å². The van der Waals surface area contributed by atoms with Gasteiger partial charge < -0.3 is 15.0 Å². The van der Waals surface area contributed by atoms with Crippen LogP contribution in [-0.2, 0) is 19.3 Å². The SMILES string of the molecule is COc1ccc(NC(=O)c2cnn3c2CN(C(=O)c2ccnc(C(F)(F)F)c2)CCC3)cc1. The largest absolute Gasteiger partial charge is 0.497 e. The molecule has 3 heterocycles. The number of ether oxygens (including phenoxy) is 1. The highest BCUT2D eigenvalue weighted by atomic mass is 19.4. The molecule has 0 fully saturated rings. The van der Waals surface area contributed by atoms with Gasteiger partial charge in [-0.3, -0.25) is 19.3 Å². The van der Waals surface area contributed by atoms with E-state index in [1.165, 1.54) is 17.2 Å². The van der Waals surface area contributed by atoms with Crippen molar-refractivity contribution in [3.8, 4) is 5.75 Å². The molecule has 1 aromatic carbocycles. The monoisotopic (exact) mass is 459 g/mol. The van der Waals surface area contributed by atoms with E-state index < -0.39 is 23.7 Å². The first-order valence-corrected chi connectivity index (χ1v) is 10.1. The lowest BCUT2D eigenvalue weighted by atomic mass is 10.1. The minimum Gasteiger partial charge on any atom is -0.497 e. The van der Waals surface area contributed by atoms with Gasteiger partial charge in [-0.05, 0) is 42.8 Å². The van der Waals surface area contributed by atoms with Gasteiger partial charge in [-0.15, -0.1) is 0 Å². The normalized spacial score (nSPS) is 13.8. The van der Waals surface area contributed by atoms with Crippen molar-refractivity contribution < 1.29 is 27.5 Å². The molecule has 2 amide bonds. The first-order chi connectivity index (χ1) is 15.8. The number of carbonyl (C=O) groups excluding carboxylic acids is 2. The second kappa shape index (κ2) is 8.93. The van der Waals surface area contributed by atoms with E-state index in [0.717, 1.165) is 12.3 Å². The van der Waals surface area contributed by atoms with Gasteiger partial charge in [0.1, 0.15) is 11.4 Å². The molecule has 2 aromatic heterocycles. The number of methoxy groups -OCH3 is 1. The van der Waals surface area contributed by atoms with Crippen LogP contribution in [0.4, 0.5) is 18.9 Å². The predicted octanol–water partition coefficient (Wildman–Crippen LogP) is 3.60. The van der Waals surface area contributed by atoms with E-state index in [0.29, 0.717) is 36.6 Å². The van der Waals surface area contributed by atoms with Gasteiger partial charge in [-0.1, -0.05) is 0 Å². The first-order valence-electron chi connectivity index (χ1n) is 10.1. The molecule has 0 atom stereocenters. The maximum absolute atomic E-state index is 13.0. The van der Waals surface area contributed by atoms with Crippen LogP contribution in [0, 0.1) is 0 Å². The van der Waals surface area contributed by atoms with Crippen LogP contribution in [0.2, 0.25) is 0 Å². The molecule has 0 unspecified atom stereocenters. The van der Waals surface area contributed by atoms with Gasteiger partial charge in [0.2, 0.25) is 0 Å². The Kier molecular flexibility index (Phi) is 6.03. The van der Waals surface area contributed by atoms with E-state index >= 15 is 0 Å². The topological polar surface area (TPSA) is 89.4 Å². The maximum atomic E-state index is 13.0. The zero-order chi connectivity index (χ0) is 23.6. The summed E-state index contributed by atoms with van der Waals surface area (Å²) in [7, 11) is 1.54. The van der Waals surface area contributed by atoms with Crippen LogP contribution in [0.25, 0.3) is 0 Å². The van der Waals surface area contributed by atoms with Gasteiger partial charge in [0.25, 0.3) is 11.8 Å². The standard InChI is InChI=1S/C22H20F3N5O3/c1-33-16-5-3-15(4-6-16)28-20(31)17-12-27-30-10-2-9-29(13-18(17)30)21(32)14-7-8-26-19(11-14)22(23,24)25/h3-8,11-12H,2,9-10,13H2,1H3,(H,28,31). The molecular formula is C22H20F3N5O3. The summed E-state index contributed by atoms with van der Waals surface area (Å²) < 4.78 is 45.8. The van der Waals surface area contributed by atoms with Gasteiger partial charge in [0.15, 0.2) is 0 Å². The Morgan fingerprint density at radius 3 is 2.58 bits per heavy atom. The van der Waals surface area contributed by atoms with E-state index in [2.05, 4.69) is 15.4 Å². The van der Waals surface area contributed by atoms with Crippen LogP contribution in [-0.4, -0.2) is 45.1 Å². The molecule has 0 saturated carbocycles. The Balaban J connectivity index is 1.55. The van der Waals surface area contributed by atoms with Crippen molar-refractivity contribution >= 4 is 17.5 Å². The third-order valence-corrected chi connectivity index (χ3v) is 5.26. The fraction of sp³-hybridized carbons (Fsp3) is 0.273. The number of alkyl halides is 3. The number of anilines is 1. The highest BCUT2D eigenvalue weighted by Gasteiger charge is 2.33. The van der Waals surface area contributed by atoms with Crippen molar-refractivity contribution in [3.05, 3.63) is 71.3 Å². The molecule has 0 aliphatic carbocycles. The van der Waals surface area contributed by atoms with Crippen molar-refractivity contribution in [2.75, 3.05) is 19.0 Å². The lowest BCUT2D eigenvalue weighted by Crippen LogP contribution is -2.31. The minimum absolute atomic E-state index is 0.0356. The van der Waals surface area contributed by atoms with Crippen LogP contribution < -0.4 is 10.1 Å². The lowest BCUT2D eigenvalue weighted by Gasteiger charge is -2.21. The molecule has 172 valence electrons. The summed E-state index contributed by atoms with van der Waals surface area (Å²) in [5.41, 5.74) is 0.106. The molecule has 3 aromatic rings. The second-order valence-electron chi connectivity index (χ2n) is 7.42. The number of pyridine rings is 1. The van der Waals surface area contributed by atoms with Crippen LogP contribution in [0.1, 0.15) is 38.5 Å². The average Bonchev–Trinajstić information content (AvgIpc) is 3.08. The molecule has 1 N–H and O–H groups in total. The minimum atomic E-state index is -4.65. The number of amides is 2. The zero-order valence-corrected chi connectivity index (χ0v) is 17.6. The smallest absolute Gasteiger partial charge is 0.433 e. The Morgan fingerprint density at radius 2 is 1.88 bits per heavy atom. The summed E-state index contributed by atoms with van der Waals surface area (Å²) in [6.45, 7) is 0.818. The van der Waals surface area contributed by atoms with Crippen LogP contribution in [0.3, 0.4) is 0 Å². The second-order valence-corrected chi connectivity index (χ2v) is 7.42. The maximum Gasteiger partial charge on any atom is 0.433 e. The van der Waals surface area contributed by atoms with Crippen molar-refractivity contribution in [1.82, 2.24) is 19.7 Å². The fourth-order valence-electron chi connectivity index (χ4n) is 3.58. The molecule has 8 nitrogen and oxygen atoms in total. The van der Waals surface area contributed by atoms with E-state index in [4.69, 9.17) is 4.74 Å². The Labute approximate surface area is 187 Å². The zero-order valence-electron chi connectivity index (χ0n) is 17.6. The first kappa shape index (κ1) is 22.3. The summed E-state index contributed by atoms with van der Waals surface area (Å²) in [4.78, 5) is 30.6. The number of hydrogen-bond donors (Lipinski definition) is 1. The molecule has 0 saturated heterocycles. The number of fused-ring (bicyclic) bond motifs is 1. The summed E-state index contributed by atoms with van der Waals surface area (Å²) in [6, 6.07) is 8.78. The number of nitrogens with zero attached hydrogens (tertiary/aromatic N) is 4. The van der Waals surface area contributed by atoms with E-state index in [-0.39, 0.29) is 17.7 Å². The molecule has 0 radical (unpaired) electrons. The van der Waals surface area contributed by atoms with Crippen LogP contribution in [0.5, 0.6) is 5.75 Å². The van der Waals surface area contributed by atoms with Gasteiger partial charge in [-0.2, -0.15) is 18.3 Å². The highest BCUT2D eigenvalue weighted by molar-refractivity contribution is 6.05. The number of halogens is 3. The van der Waals surface area contributed by atoms with E-state index in [1.807, 2.05) is 0 Å². The average molecular weight is 459 g/mol. The van der Waals surface area contributed by atoms with Crippen molar-refractivity contribution in [2.45, 2.75) is 25.7 Å². The lowest BCUT2D eigenvalue weighted by molar-refractivity contribution is -0.141.